The normalized spacial score (nSPS) is 25.3. The molecule has 1 radical (unpaired) electrons. The van der Waals surface area contributed by atoms with E-state index in [1.54, 1.807) is 4.90 Å². The summed E-state index contributed by atoms with van der Waals surface area (Å²) in [4.78, 5) is 11.7. The molecule has 0 bridgehead atoms. The summed E-state index contributed by atoms with van der Waals surface area (Å²) in [6.07, 6.45) is 3.07. The third-order valence-corrected chi connectivity index (χ3v) is 1.68. The molecule has 1 heterocycles. The van der Waals surface area contributed by atoms with Crippen LogP contribution in [-0.4, -0.2) is 37.1 Å². The predicted molar refractivity (Wildman–Crippen MR) is 37.3 cm³/mol. The number of hydrogen-bond acceptors (Lipinski definition) is 2. The number of carbonyl (C=O) groups excluding carboxylic acids is 1. The van der Waals surface area contributed by atoms with Crippen molar-refractivity contribution in [2.75, 3.05) is 19.7 Å². The number of nitrogens with zero attached hydrogens (tertiary/aromatic N) is 1. The van der Waals surface area contributed by atoms with Crippen molar-refractivity contribution in [2.24, 2.45) is 0 Å². The Balaban J connectivity index is 2.21. The van der Waals surface area contributed by atoms with Crippen LogP contribution in [0.15, 0.2) is 0 Å². The number of rotatable bonds is 3. The second kappa shape index (κ2) is 3.56. The maximum Gasteiger partial charge on any atom is 0.312 e. The average molecular weight is 142 g/mol. The van der Waals surface area contributed by atoms with Gasteiger partial charge in [0.1, 0.15) is 0 Å². The van der Waals surface area contributed by atoms with Crippen LogP contribution >= 0.6 is 0 Å². The second-order valence-electron chi connectivity index (χ2n) is 2.40. The molecule has 0 aromatic carbocycles. The fraction of sp³-hybridized carbons (Fsp3) is 0.857. The highest BCUT2D eigenvalue weighted by molar-refractivity contribution is 5.48. The van der Waals surface area contributed by atoms with Crippen LogP contribution in [0.4, 0.5) is 0 Å². The smallest absolute Gasteiger partial charge is 0.312 e. The third-order valence-electron chi connectivity index (χ3n) is 1.68. The third kappa shape index (κ3) is 1.70. The zero-order valence-corrected chi connectivity index (χ0v) is 6.17. The molecule has 0 aromatic heterocycles. The lowest BCUT2D eigenvalue weighted by Crippen LogP contribution is -2.21. The topological polar surface area (TPSA) is 29.5 Å². The molecule has 0 N–H and O–H groups in total. The Hall–Kier alpha value is -0.570. The summed E-state index contributed by atoms with van der Waals surface area (Å²) in [6.45, 7) is 4.22. The number of hydrogen-bond donors (Lipinski definition) is 0. The molecular weight excluding hydrogens is 130 g/mol. The van der Waals surface area contributed by atoms with Crippen LogP contribution in [0, 0.1) is 0 Å². The molecule has 1 unspecified atom stereocenters. The number of ether oxygens (including phenoxy) is 1. The van der Waals surface area contributed by atoms with Crippen molar-refractivity contribution in [2.45, 2.75) is 19.4 Å². The van der Waals surface area contributed by atoms with Gasteiger partial charge in [0.05, 0.1) is 6.10 Å². The SMILES string of the molecule is CCOC1CCN([C]=O)C1. The molecule has 3 heteroatoms. The lowest BCUT2D eigenvalue weighted by molar-refractivity contribution is 0.0731. The lowest BCUT2D eigenvalue weighted by atomic mass is 10.3. The van der Waals surface area contributed by atoms with Crippen LogP contribution in [-0.2, 0) is 9.53 Å². The van der Waals surface area contributed by atoms with Gasteiger partial charge in [-0.3, -0.25) is 4.79 Å². The molecular formula is C7H12NO2. The van der Waals surface area contributed by atoms with Gasteiger partial charge in [0.2, 0.25) is 0 Å². The Morgan fingerprint density at radius 3 is 3.10 bits per heavy atom. The predicted octanol–water partition coefficient (Wildman–Crippen LogP) is 0.164. The van der Waals surface area contributed by atoms with E-state index in [0.717, 1.165) is 26.1 Å². The standard InChI is InChI=1S/C7H12NO2/c1-2-10-7-3-4-8(5-7)6-9/h7H,2-5H2,1H3. The van der Waals surface area contributed by atoms with Crippen LogP contribution in [0.1, 0.15) is 13.3 Å². The van der Waals surface area contributed by atoms with E-state index in [9.17, 15) is 4.79 Å². The van der Waals surface area contributed by atoms with Gasteiger partial charge in [-0.2, -0.15) is 0 Å². The van der Waals surface area contributed by atoms with E-state index in [-0.39, 0.29) is 6.10 Å². The minimum absolute atomic E-state index is 0.256. The van der Waals surface area contributed by atoms with Gasteiger partial charge in [-0.25, -0.2) is 0 Å². The van der Waals surface area contributed by atoms with E-state index >= 15 is 0 Å². The first-order valence-corrected chi connectivity index (χ1v) is 3.61. The molecule has 1 amide bonds. The van der Waals surface area contributed by atoms with Crippen molar-refractivity contribution in [3.8, 4) is 0 Å². The highest BCUT2D eigenvalue weighted by Crippen LogP contribution is 2.09. The van der Waals surface area contributed by atoms with E-state index in [1.165, 1.54) is 0 Å². The first-order chi connectivity index (χ1) is 4.86. The molecule has 1 rings (SSSR count). The summed E-state index contributed by atoms with van der Waals surface area (Å²) >= 11 is 0. The molecule has 3 nitrogen and oxygen atoms in total. The molecule has 1 aliphatic heterocycles. The Morgan fingerprint density at radius 2 is 2.60 bits per heavy atom. The fourth-order valence-electron chi connectivity index (χ4n) is 1.18. The Labute approximate surface area is 61.0 Å². The van der Waals surface area contributed by atoms with Crippen molar-refractivity contribution >= 4 is 6.41 Å². The molecule has 0 saturated carbocycles. The molecule has 0 aliphatic carbocycles. The van der Waals surface area contributed by atoms with Crippen molar-refractivity contribution in [1.29, 1.82) is 0 Å². The molecule has 1 aliphatic rings. The highest BCUT2D eigenvalue weighted by Gasteiger charge is 2.21. The second-order valence-corrected chi connectivity index (χ2v) is 2.40. The van der Waals surface area contributed by atoms with Gasteiger partial charge < -0.3 is 9.64 Å². The zero-order chi connectivity index (χ0) is 7.40. The number of amides is 1. The van der Waals surface area contributed by atoms with Crippen molar-refractivity contribution in [1.82, 2.24) is 4.90 Å². The summed E-state index contributed by atoms with van der Waals surface area (Å²) < 4.78 is 5.31. The first-order valence-electron chi connectivity index (χ1n) is 3.61. The van der Waals surface area contributed by atoms with E-state index in [1.807, 2.05) is 13.3 Å². The van der Waals surface area contributed by atoms with Crippen LogP contribution in [0.25, 0.3) is 0 Å². The summed E-state index contributed by atoms with van der Waals surface area (Å²) in [5.41, 5.74) is 0. The van der Waals surface area contributed by atoms with E-state index in [4.69, 9.17) is 4.74 Å². The van der Waals surface area contributed by atoms with Crippen LogP contribution in [0.2, 0.25) is 0 Å². The molecule has 1 atom stereocenters. The van der Waals surface area contributed by atoms with Crippen LogP contribution < -0.4 is 0 Å². The van der Waals surface area contributed by atoms with E-state index < -0.39 is 0 Å². The van der Waals surface area contributed by atoms with Gasteiger partial charge in [-0.15, -0.1) is 0 Å². The van der Waals surface area contributed by atoms with E-state index in [2.05, 4.69) is 0 Å². The molecule has 10 heavy (non-hydrogen) atoms. The maximum absolute atomic E-state index is 10.1. The van der Waals surface area contributed by atoms with Gasteiger partial charge >= 0.3 is 6.41 Å². The largest absolute Gasteiger partial charge is 0.377 e. The fourth-order valence-corrected chi connectivity index (χ4v) is 1.18. The van der Waals surface area contributed by atoms with Crippen molar-refractivity contribution in [3.05, 3.63) is 0 Å². The van der Waals surface area contributed by atoms with Crippen molar-refractivity contribution in [3.63, 3.8) is 0 Å². The quantitative estimate of drug-likeness (QED) is 0.562. The Bertz CT molecular complexity index is 116. The molecule has 1 saturated heterocycles. The minimum Gasteiger partial charge on any atom is -0.377 e. The molecule has 0 aromatic rings. The summed E-state index contributed by atoms with van der Waals surface area (Å²) in [5.74, 6) is 0. The minimum atomic E-state index is 0.256. The number of likely N-dealkylation sites (tertiary alicyclic amines) is 1. The Kier molecular flexibility index (Phi) is 2.68. The zero-order valence-electron chi connectivity index (χ0n) is 6.17. The Morgan fingerprint density at radius 1 is 1.80 bits per heavy atom. The summed E-state index contributed by atoms with van der Waals surface area (Å²) in [5, 5.41) is 0. The maximum atomic E-state index is 10.1. The van der Waals surface area contributed by atoms with Crippen LogP contribution in [0.3, 0.4) is 0 Å². The van der Waals surface area contributed by atoms with Gasteiger partial charge in [0, 0.05) is 19.7 Å². The monoisotopic (exact) mass is 142 g/mol. The summed E-state index contributed by atoms with van der Waals surface area (Å²) in [6, 6.07) is 0. The lowest BCUT2D eigenvalue weighted by Gasteiger charge is -2.08. The van der Waals surface area contributed by atoms with Gasteiger partial charge in [-0.1, -0.05) is 0 Å². The van der Waals surface area contributed by atoms with Crippen LogP contribution in [0.5, 0.6) is 0 Å². The summed E-state index contributed by atoms with van der Waals surface area (Å²) in [7, 11) is 0. The van der Waals surface area contributed by atoms with Crippen molar-refractivity contribution < 1.29 is 9.53 Å². The van der Waals surface area contributed by atoms with Gasteiger partial charge in [-0.05, 0) is 13.3 Å². The van der Waals surface area contributed by atoms with E-state index in [0.29, 0.717) is 0 Å². The molecule has 0 spiro atoms. The molecule has 57 valence electrons. The molecule has 1 fully saturated rings. The van der Waals surface area contributed by atoms with Gasteiger partial charge in [0.15, 0.2) is 0 Å². The van der Waals surface area contributed by atoms with Gasteiger partial charge in [0.25, 0.3) is 0 Å². The average Bonchev–Trinajstić information content (AvgIpc) is 2.37. The first kappa shape index (κ1) is 7.54. The highest BCUT2D eigenvalue weighted by atomic mass is 16.5.